The summed E-state index contributed by atoms with van der Waals surface area (Å²) in [5.41, 5.74) is -0.963. The molecular formula is C9H6F5NO3. The molecule has 0 unspecified atom stereocenters. The number of halogens is 5. The standard InChI is InChI=1S/C9H6F5NO3/c10-3-6-4(2-7(16)17)1-5(11)8(15-6)18-9(12,13)14/h1H,2-3H2,(H,16,17). The zero-order valence-electron chi connectivity index (χ0n) is 8.59. The topological polar surface area (TPSA) is 59.4 Å². The molecule has 0 aromatic carbocycles. The average Bonchev–Trinajstić information content (AvgIpc) is 2.19. The number of hydrogen-bond donors (Lipinski definition) is 1. The van der Waals surface area contributed by atoms with Gasteiger partial charge in [0.05, 0.1) is 12.1 Å². The Balaban J connectivity index is 3.13. The largest absolute Gasteiger partial charge is 0.574 e. The quantitative estimate of drug-likeness (QED) is 0.853. The molecular weight excluding hydrogens is 265 g/mol. The van der Waals surface area contributed by atoms with Gasteiger partial charge in [-0.3, -0.25) is 4.79 Å². The highest BCUT2D eigenvalue weighted by Gasteiger charge is 2.33. The molecule has 0 aliphatic carbocycles. The van der Waals surface area contributed by atoms with Gasteiger partial charge in [-0.1, -0.05) is 0 Å². The van der Waals surface area contributed by atoms with Crippen molar-refractivity contribution in [2.24, 2.45) is 0 Å². The third kappa shape index (κ3) is 3.82. The number of aliphatic carboxylic acids is 1. The lowest BCUT2D eigenvalue weighted by atomic mass is 10.1. The first kappa shape index (κ1) is 14.1. The van der Waals surface area contributed by atoms with Gasteiger partial charge >= 0.3 is 12.3 Å². The Morgan fingerprint density at radius 3 is 2.50 bits per heavy atom. The fourth-order valence-electron chi connectivity index (χ4n) is 1.16. The molecule has 0 saturated carbocycles. The molecule has 0 aliphatic rings. The molecule has 4 nitrogen and oxygen atoms in total. The lowest BCUT2D eigenvalue weighted by molar-refractivity contribution is -0.277. The third-order valence-electron chi connectivity index (χ3n) is 1.79. The van der Waals surface area contributed by atoms with E-state index in [-0.39, 0.29) is 5.56 Å². The van der Waals surface area contributed by atoms with Gasteiger partial charge in [-0.15, -0.1) is 13.2 Å². The van der Waals surface area contributed by atoms with Crippen LogP contribution >= 0.6 is 0 Å². The Labute approximate surface area is 97.0 Å². The predicted octanol–water partition coefficient (Wildman–Crippen LogP) is 2.22. The van der Waals surface area contributed by atoms with E-state index in [1.54, 1.807) is 0 Å². The highest BCUT2D eigenvalue weighted by atomic mass is 19.4. The summed E-state index contributed by atoms with van der Waals surface area (Å²) in [5.74, 6) is -4.35. The van der Waals surface area contributed by atoms with Crippen molar-refractivity contribution in [3.63, 3.8) is 0 Å². The number of aromatic nitrogens is 1. The molecule has 0 aliphatic heterocycles. The van der Waals surface area contributed by atoms with E-state index >= 15 is 0 Å². The third-order valence-corrected chi connectivity index (χ3v) is 1.79. The van der Waals surface area contributed by atoms with Gasteiger partial charge in [0.1, 0.15) is 6.67 Å². The summed E-state index contributed by atoms with van der Waals surface area (Å²) in [4.78, 5) is 13.4. The summed E-state index contributed by atoms with van der Waals surface area (Å²) in [7, 11) is 0. The minimum atomic E-state index is -5.17. The van der Waals surface area contributed by atoms with E-state index in [4.69, 9.17) is 5.11 Å². The normalized spacial score (nSPS) is 11.4. The molecule has 1 aromatic rings. The molecule has 1 heterocycles. The first-order chi connectivity index (χ1) is 8.23. The number of hydrogen-bond acceptors (Lipinski definition) is 3. The van der Waals surface area contributed by atoms with Crippen molar-refractivity contribution in [2.75, 3.05) is 0 Å². The van der Waals surface area contributed by atoms with E-state index in [0.29, 0.717) is 6.07 Å². The van der Waals surface area contributed by atoms with E-state index in [1.165, 1.54) is 0 Å². The van der Waals surface area contributed by atoms with Crippen LogP contribution < -0.4 is 4.74 Å². The minimum Gasteiger partial charge on any atom is -0.481 e. The van der Waals surface area contributed by atoms with E-state index in [1.807, 2.05) is 0 Å². The van der Waals surface area contributed by atoms with Crippen molar-refractivity contribution < 1.29 is 36.6 Å². The number of alkyl halides is 4. The van der Waals surface area contributed by atoms with E-state index in [9.17, 15) is 26.7 Å². The van der Waals surface area contributed by atoms with Crippen molar-refractivity contribution in [3.8, 4) is 5.88 Å². The summed E-state index contributed by atoms with van der Waals surface area (Å²) < 4.78 is 64.4. The maximum absolute atomic E-state index is 13.1. The molecule has 9 heteroatoms. The number of carboxylic acids is 1. The number of pyridine rings is 1. The molecule has 0 radical (unpaired) electrons. The Morgan fingerprint density at radius 1 is 1.44 bits per heavy atom. The van der Waals surface area contributed by atoms with Crippen molar-refractivity contribution in [3.05, 3.63) is 23.1 Å². The van der Waals surface area contributed by atoms with Gasteiger partial charge in [-0.05, 0) is 11.6 Å². The van der Waals surface area contributed by atoms with E-state index < -0.39 is 42.8 Å². The molecule has 1 N–H and O–H groups in total. The summed E-state index contributed by atoms with van der Waals surface area (Å²) in [6.45, 7) is -1.34. The Hall–Kier alpha value is -1.93. The van der Waals surface area contributed by atoms with E-state index in [0.717, 1.165) is 0 Å². The van der Waals surface area contributed by atoms with Crippen LogP contribution in [0.25, 0.3) is 0 Å². The van der Waals surface area contributed by atoms with Crippen LogP contribution in [0.4, 0.5) is 22.0 Å². The summed E-state index contributed by atoms with van der Waals surface area (Å²) >= 11 is 0. The fourth-order valence-corrected chi connectivity index (χ4v) is 1.16. The van der Waals surface area contributed by atoms with Gasteiger partial charge in [0.2, 0.25) is 0 Å². The van der Waals surface area contributed by atoms with Crippen LogP contribution in [0.15, 0.2) is 6.07 Å². The first-order valence-corrected chi connectivity index (χ1v) is 4.44. The fraction of sp³-hybridized carbons (Fsp3) is 0.333. The number of carboxylic acid groups (broad SMARTS) is 1. The van der Waals surface area contributed by atoms with Crippen molar-refractivity contribution in [2.45, 2.75) is 19.5 Å². The Morgan fingerprint density at radius 2 is 2.06 bits per heavy atom. The van der Waals surface area contributed by atoms with Crippen LogP contribution in [0, 0.1) is 5.82 Å². The molecule has 0 spiro atoms. The number of rotatable bonds is 4. The van der Waals surface area contributed by atoms with Crippen LogP contribution in [0.2, 0.25) is 0 Å². The Bertz CT molecular complexity index is 460. The summed E-state index contributed by atoms with van der Waals surface area (Å²) in [6, 6.07) is 0.455. The minimum absolute atomic E-state index is 0.350. The molecule has 0 fully saturated rings. The van der Waals surface area contributed by atoms with Crippen molar-refractivity contribution in [1.29, 1.82) is 0 Å². The molecule has 18 heavy (non-hydrogen) atoms. The zero-order chi connectivity index (χ0) is 13.9. The van der Waals surface area contributed by atoms with E-state index in [2.05, 4.69) is 9.72 Å². The summed E-state index contributed by atoms with van der Waals surface area (Å²) in [6.07, 6.45) is -5.93. The maximum Gasteiger partial charge on any atom is 0.574 e. The lowest BCUT2D eigenvalue weighted by Gasteiger charge is -2.11. The highest BCUT2D eigenvalue weighted by Crippen LogP contribution is 2.26. The maximum atomic E-state index is 13.1. The van der Waals surface area contributed by atoms with Crippen LogP contribution in [0.5, 0.6) is 5.88 Å². The number of carbonyl (C=O) groups is 1. The van der Waals surface area contributed by atoms with Gasteiger partial charge in [0.15, 0.2) is 5.82 Å². The molecule has 1 aromatic heterocycles. The van der Waals surface area contributed by atoms with Crippen LogP contribution in [0.1, 0.15) is 11.3 Å². The second kappa shape index (κ2) is 5.15. The van der Waals surface area contributed by atoms with Gasteiger partial charge < -0.3 is 9.84 Å². The number of ether oxygens (including phenoxy) is 1. The lowest BCUT2D eigenvalue weighted by Crippen LogP contribution is -2.20. The smallest absolute Gasteiger partial charge is 0.481 e. The first-order valence-electron chi connectivity index (χ1n) is 4.44. The van der Waals surface area contributed by atoms with Gasteiger partial charge in [-0.2, -0.15) is 0 Å². The molecule has 0 bridgehead atoms. The average molecular weight is 271 g/mol. The van der Waals surface area contributed by atoms with Crippen molar-refractivity contribution >= 4 is 5.97 Å². The second-order valence-corrected chi connectivity index (χ2v) is 3.13. The number of nitrogens with zero attached hydrogens (tertiary/aromatic N) is 1. The second-order valence-electron chi connectivity index (χ2n) is 3.13. The SMILES string of the molecule is O=C(O)Cc1cc(F)c(OC(F)(F)F)nc1CF. The predicted molar refractivity (Wildman–Crippen MR) is 47.0 cm³/mol. The highest BCUT2D eigenvalue weighted by molar-refractivity contribution is 5.70. The molecule has 0 atom stereocenters. The van der Waals surface area contributed by atoms with Gasteiger partial charge in [-0.25, -0.2) is 13.8 Å². The summed E-state index contributed by atoms with van der Waals surface area (Å²) in [5, 5.41) is 8.45. The van der Waals surface area contributed by atoms with Crippen LogP contribution in [-0.2, 0) is 17.9 Å². The van der Waals surface area contributed by atoms with Gasteiger partial charge in [0.25, 0.3) is 5.88 Å². The monoisotopic (exact) mass is 271 g/mol. The van der Waals surface area contributed by atoms with Gasteiger partial charge in [0, 0.05) is 0 Å². The van der Waals surface area contributed by atoms with Crippen LogP contribution in [0.3, 0.4) is 0 Å². The zero-order valence-corrected chi connectivity index (χ0v) is 8.59. The Kier molecular flexibility index (Phi) is 4.04. The molecule has 0 saturated heterocycles. The molecule has 100 valence electrons. The molecule has 0 amide bonds. The van der Waals surface area contributed by atoms with Crippen LogP contribution in [-0.4, -0.2) is 22.4 Å². The van der Waals surface area contributed by atoms with Crippen molar-refractivity contribution in [1.82, 2.24) is 4.98 Å². The molecule has 1 rings (SSSR count).